The monoisotopic (exact) mass is 495 g/mol. The maximum absolute atomic E-state index is 12.9. The lowest BCUT2D eigenvalue weighted by Crippen LogP contribution is -2.46. The van der Waals surface area contributed by atoms with Gasteiger partial charge in [-0.3, -0.25) is 9.20 Å². The Morgan fingerprint density at radius 1 is 1.27 bits per heavy atom. The van der Waals surface area contributed by atoms with Crippen LogP contribution < -0.4 is 10.6 Å². The Balaban J connectivity index is 0.00000338. The molecule has 4 nitrogen and oxygen atoms in total. The first kappa shape index (κ1) is 23.3. The van der Waals surface area contributed by atoms with E-state index < -0.39 is 10.8 Å². The maximum Gasteiger partial charge on any atom is 0.191 e. The predicted octanol–water partition coefficient (Wildman–Crippen LogP) is 3.62. The minimum absolute atomic E-state index is 0. The fourth-order valence-electron chi connectivity index (χ4n) is 3.21. The van der Waals surface area contributed by atoms with Crippen LogP contribution in [0.3, 0.4) is 0 Å². The fraction of sp³-hybridized carbons (Fsp3) is 0.632. The van der Waals surface area contributed by atoms with Gasteiger partial charge in [0, 0.05) is 40.9 Å². The van der Waals surface area contributed by atoms with Crippen LogP contribution >= 0.6 is 24.0 Å². The normalized spacial score (nSPS) is 21.6. The molecule has 0 aromatic heterocycles. The number of nitrogens with zero attached hydrogens (tertiary/aromatic N) is 1. The maximum atomic E-state index is 12.9. The summed E-state index contributed by atoms with van der Waals surface area (Å²) in [4.78, 5) is 4.64. The summed E-state index contributed by atoms with van der Waals surface area (Å²) in [6, 6.07) is 6.91. The van der Waals surface area contributed by atoms with Crippen LogP contribution in [-0.2, 0) is 17.2 Å². The number of hydrogen-bond donors (Lipinski definition) is 2. The van der Waals surface area contributed by atoms with Gasteiger partial charge in [0.1, 0.15) is 5.82 Å². The van der Waals surface area contributed by atoms with E-state index in [0.29, 0.717) is 17.8 Å². The third kappa shape index (κ3) is 7.90. The van der Waals surface area contributed by atoms with Gasteiger partial charge in [0.05, 0.1) is 0 Å². The highest BCUT2D eigenvalue weighted by Crippen LogP contribution is 2.22. The molecule has 0 spiro atoms. The molecule has 2 rings (SSSR count). The molecule has 1 fully saturated rings. The molecule has 0 radical (unpaired) electrons. The van der Waals surface area contributed by atoms with E-state index in [0.717, 1.165) is 55.9 Å². The van der Waals surface area contributed by atoms with E-state index in [9.17, 15) is 8.60 Å². The summed E-state index contributed by atoms with van der Waals surface area (Å²) < 4.78 is 25.0. The van der Waals surface area contributed by atoms with Gasteiger partial charge in [-0.05, 0) is 50.3 Å². The average Bonchev–Trinajstić information content (AvgIpc) is 2.63. The van der Waals surface area contributed by atoms with Crippen molar-refractivity contribution in [3.8, 4) is 0 Å². The van der Waals surface area contributed by atoms with E-state index >= 15 is 0 Å². The Bertz CT molecular complexity index is 583. The quantitative estimate of drug-likeness (QED) is 0.345. The number of aliphatic imine (C=N–C) groups is 1. The standard InChI is InChI=1S/C19H30FN3OS.HI/c1-3-21-19(22-13-12-15-8-10-16(20)11-9-15)23-17-6-5-7-18(14-17)25(24)4-2;/h8-11,17-18H,3-7,12-14H2,1-2H3,(H2,21,22,23);1H. The largest absolute Gasteiger partial charge is 0.357 e. The zero-order chi connectivity index (χ0) is 18.1. The van der Waals surface area contributed by atoms with Crippen LogP contribution in [0.1, 0.15) is 45.1 Å². The van der Waals surface area contributed by atoms with Gasteiger partial charge in [-0.1, -0.05) is 25.5 Å². The molecule has 1 aromatic rings. The van der Waals surface area contributed by atoms with Crippen LogP contribution in [0.4, 0.5) is 4.39 Å². The predicted molar refractivity (Wildman–Crippen MR) is 119 cm³/mol. The lowest BCUT2D eigenvalue weighted by Gasteiger charge is -2.30. The van der Waals surface area contributed by atoms with Crippen LogP contribution in [0.2, 0.25) is 0 Å². The fourth-order valence-corrected chi connectivity index (χ4v) is 4.56. The zero-order valence-corrected chi connectivity index (χ0v) is 18.8. The van der Waals surface area contributed by atoms with Crippen molar-refractivity contribution in [3.63, 3.8) is 0 Å². The Hall–Kier alpha value is -0.700. The van der Waals surface area contributed by atoms with Crippen molar-refractivity contribution in [1.29, 1.82) is 0 Å². The van der Waals surface area contributed by atoms with Crippen molar-refractivity contribution in [1.82, 2.24) is 10.6 Å². The first-order valence-electron chi connectivity index (χ1n) is 9.28. The van der Waals surface area contributed by atoms with Crippen LogP contribution in [0.5, 0.6) is 0 Å². The first-order valence-corrected chi connectivity index (χ1v) is 10.7. The minimum Gasteiger partial charge on any atom is -0.357 e. The van der Waals surface area contributed by atoms with E-state index in [-0.39, 0.29) is 29.8 Å². The Labute approximate surface area is 176 Å². The molecular formula is C19H31FIN3OS. The summed E-state index contributed by atoms with van der Waals surface area (Å²) in [6.45, 7) is 5.50. The molecule has 0 saturated heterocycles. The van der Waals surface area contributed by atoms with Gasteiger partial charge in [0.2, 0.25) is 0 Å². The van der Waals surface area contributed by atoms with Gasteiger partial charge in [0.15, 0.2) is 5.96 Å². The molecule has 0 amide bonds. The van der Waals surface area contributed by atoms with Crippen LogP contribution in [0.15, 0.2) is 29.3 Å². The summed E-state index contributed by atoms with van der Waals surface area (Å²) in [7, 11) is -0.716. The second-order valence-corrected chi connectivity index (χ2v) is 8.44. The van der Waals surface area contributed by atoms with E-state index in [4.69, 9.17) is 0 Å². The Morgan fingerprint density at radius 3 is 2.65 bits per heavy atom. The van der Waals surface area contributed by atoms with Crippen LogP contribution in [0.25, 0.3) is 0 Å². The molecule has 1 aromatic carbocycles. The van der Waals surface area contributed by atoms with E-state index in [2.05, 4.69) is 15.6 Å². The Morgan fingerprint density at radius 2 is 2.00 bits per heavy atom. The highest BCUT2D eigenvalue weighted by atomic mass is 127. The summed E-state index contributed by atoms with van der Waals surface area (Å²) in [5, 5.41) is 7.10. The molecule has 0 heterocycles. The number of hydrogen-bond acceptors (Lipinski definition) is 2. The van der Waals surface area contributed by atoms with Gasteiger partial charge in [-0.2, -0.15) is 0 Å². The van der Waals surface area contributed by atoms with Crippen molar-refractivity contribution in [2.24, 2.45) is 4.99 Å². The SMILES string of the molecule is CCNC(=NCCc1ccc(F)cc1)NC1CCCC(S(=O)CC)C1.I. The Kier molecular flexibility index (Phi) is 11.4. The molecule has 3 atom stereocenters. The second-order valence-electron chi connectivity index (χ2n) is 6.44. The van der Waals surface area contributed by atoms with Crippen molar-refractivity contribution in [3.05, 3.63) is 35.6 Å². The molecule has 26 heavy (non-hydrogen) atoms. The molecule has 1 saturated carbocycles. The molecule has 0 aliphatic heterocycles. The van der Waals surface area contributed by atoms with Crippen molar-refractivity contribution in [2.75, 3.05) is 18.8 Å². The lowest BCUT2D eigenvalue weighted by molar-refractivity contribution is 0.413. The van der Waals surface area contributed by atoms with Crippen molar-refractivity contribution >= 4 is 40.7 Å². The smallest absolute Gasteiger partial charge is 0.191 e. The molecule has 1 aliphatic rings. The summed E-state index contributed by atoms with van der Waals surface area (Å²) >= 11 is 0. The van der Waals surface area contributed by atoms with Gasteiger partial charge in [-0.15, -0.1) is 24.0 Å². The highest BCUT2D eigenvalue weighted by Gasteiger charge is 2.25. The average molecular weight is 495 g/mol. The van der Waals surface area contributed by atoms with E-state index in [1.54, 1.807) is 12.1 Å². The number of rotatable bonds is 7. The van der Waals surface area contributed by atoms with Gasteiger partial charge >= 0.3 is 0 Å². The number of benzene rings is 1. The molecule has 2 N–H and O–H groups in total. The molecule has 3 unspecified atom stereocenters. The first-order chi connectivity index (χ1) is 12.1. The second kappa shape index (κ2) is 12.6. The van der Waals surface area contributed by atoms with E-state index in [1.165, 1.54) is 12.1 Å². The van der Waals surface area contributed by atoms with Crippen LogP contribution in [-0.4, -0.2) is 40.3 Å². The number of nitrogens with one attached hydrogen (secondary N) is 2. The van der Waals surface area contributed by atoms with Crippen molar-refractivity contribution < 1.29 is 8.60 Å². The third-order valence-corrected chi connectivity index (χ3v) is 6.29. The molecule has 0 bridgehead atoms. The third-order valence-electron chi connectivity index (χ3n) is 4.55. The number of guanidine groups is 1. The summed E-state index contributed by atoms with van der Waals surface area (Å²) in [5.74, 6) is 1.35. The zero-order valence-electron chi connectivity index (χ0n) is 15.7. The minimum atomic E-state index is -0.716. The lowest BCUT2D eigenvalue weighted by atomic mass is 9.95. The molecule has 7 heteroatoms. The van der Waals surface area contributed by atoms with E-state index in [1.807, 2.05) is 13.8 Å². The molecule has 1 aliphatic carbocycles. The van der Waals surface area contributed by atoms with Gasteiger partial charge in [-0.25, -0.2) is 4.39 Å². The van der Waals surface area contributed by atoms with Gasteiger partial charge < -0.3 is 10.6 Å². The molecular weight excluding hydrogens is 464 g/mol. The highest BCUT2D eigenvalue weighted by molar-refractivity contribution is 14.0. The topological polar surface area (TPSA) is 53.5 Å². The summed E-state index contributed by atoms with van der Waals surface area (Å²) in [5.41, 5.74) is 1.08. The van der Waals surface area contributed by atoms with Crippen molar-refractivity contribution in [2.45, 2.75) is 57.2 Å². The van der Waals surface area contributed by atoms with Gasteiger partial charge in [0.25, 0.3) is 0 Å². The van der Waals surface area contributed by atoms with Crippen LogP contribution in [0, 0.1) is 5.82 Å². The number of halogens is 2. The molecule has 148 valence electrons. The summed E-state index contributed by atoms with van der Waals surface area (Å²) in [6.07, 6.45) is 5.01.